The molecule has 0 bridgehead atoms. The summed E-state index contributed by atoms with van der Waals surface area (Å²) in [4.78, 5) is 0.959. The van der Waals surface area contributed by atoms with Crippen molar-refractivity contribution in [2.75, 3.05) is 10.5 Å². The SMILES string of the molecule is Cc1ccc(S(=O)(=O)Nc2ccc(C)c(N)c2C)s1. The fraction of sp³-hybridized carbons (Fsp3) is 0.231. The van der Waals surface area contributed by atoms with Gasteiger partial charge in [0.15, 0.2) is 0 Å². The first-order valence-corrected chi connectivity index (χ1v) is 8.06. The van der Waals surface area contributed by atoms with Crippen molar-refractivity contribution in [1.29, 1.82) is 0 Å². The van der Waals surface area contributed by atoms with Gasteiger partial charge in [-0.3, -0.25) is 4.72 Å². The van der Waals surface area contributed by atoms with Crippen LogP contribution in [-0.4, -0.2) is 8.42 Å². The van der Waals surface area contributed by atoms with E-state index in [-0.39, 0.29) is 0 Å². The van der Waals surface area contributed by atoms with Crippen LogP contribution in [0.15, 0.2) is 28.5 Å². The average Bonchev–Trinajstić information content (AvgIpc) is 2.78. The first-order valence-electron chi connectivity index (χ1n) is 5.76. The third kappa shape index (κ3) is 2.74. The zero-order valence-electron chi connectivity index (χ0n) is 11.0. The lowest BCUT2D eigenvalue weighted by Crippen LogP contribution is -2.13. The molecule has 0 fully saturated rings. The third-order valence-corrected chi connectivity index (χ3v) is 5.82. The smallest absolute Gasteiger partial charge is 0.271 e. The molecule has 0 aliphatic carbocycles. The van der Waals surface area contributed by atoms with Crippen LogP contribution in [-0.2, 0) is 10.0 Å². The van der Waals surface area contributed by atoms with Gasteiger partial charge in [0.1, 0.15) is 4.21 Å². The quantitative estimate of drug-likeness (QED) is 0.855. The maximum Gasteiger partial charge on any atom is 0.271 e. The van der Waals surface area contributed by atoms with Crippen molar-refractivity contribution in [3.8, 4) is 0 Å². The second-order valence-corrected chi connectivity index (χ2v) is 7.64. The lowest BCUT2D eigenvalue weighted by molar-refractivity contribution is 0.603. The molecule has 0 radical (unpaired) electrons. The van der Waals surface area contributed by atoms with Crippen LogP contribution >= 0.6 is 11.3 Å². The molecule has 0 spiro atoms. The summed E-state index contributed by atoms with van der Waals surface area (Å²) in [6.07, 6.45) is 0. The highest BCUT2D eigenvalue weighted by atomic mass is 32.2. The Balaban J connectivity index is 2.39. The first-order chi connectivity index (χ1) is 8.81. The summed E-state index contributed by atoms with van der Waals surface area (Å²) in [5.41, 5.74) is 8.73. The molecule has 0 saturated heterocycles. The minimum absolute atomic E-state index is 0.309. The molecule has 1 aromatic carbocycles. The highest BCUT2D eigenvalue weighted by Gasteiger charge is 2.18. The highest BCUT2D eigenvalue weighted by Crippen LogP contribution is 2.28. The molecule has 4 nitrogen and oxygen atoms in total. The molecule has 2 aromatic rings. The van der Waals surface area contributed by atoms with Crippen molar-refractivity contribution < 1.29 is 8.42 Å². The molecule has 19 heavy (non-hydrogen) atoms. The van der Waals surface area contributed by atoms with Crippen LogP contribution in [0.5, 0.6) is 0 Å². The molecule has 1 aromatic heterocycles. The van der Waals surface area contributed by atoms with Crippen molar-refractivity contribution in [2.45, 2.75) is 25.0 Å². The fourth-order valence-electron chi connectivity index (χ4n) is 1.73. The normalized spacial score (nSPS) is 11.5. The Hall–Kier alpha value is -1.53. The van der Waals surface area contributed by atoms with E-state index in [1.807, 2.05) is 13.8 Å². The van der Waals surface area contributed by atoms with Gasteiger partial charge in [0, 0.05) is 10.6 Å². The summed E-state index contributed by atoms with van der Waals surface area (Å²) in [5.74, 6) is 0. The second-order valence-electron chi connectivity index (χ2n) is 4.44. The fourth-order valence-corrected chi connectivity index (χ4v) is 4.13. The molecule has 2 rings (SSSR count). The summed E-state index contributed by atoms with van der Waals surface area (Å²) in [5, 5.41) is 0. The minimum Gasteiger partial charge on any atom is -0.398 e. The van der Waals surface area contributed by atoms with Crippen molar-refractivity contribution in [1.82, 2.24) is 0 Å². The molecule has 0 aliphatic heterocycles. The third-order valence-electron chi connectivity index (χ3n) is 2.96. The molecule has 0 amide bonds. The first kappa shape index (κ1) is 13.9. The van der Waals surface area contributed by atoms with Gasteiger partial charge in [0.25, 0.3) is 10.0 Å². The molecule has 102 valence electrons. The lowest BCUT2D eigenvalue weighted by atomic mass is 10.1. The van der Waals surface area contributed by atoms with Gasteiger partial charge in [-0.2, -0.15) is 0 Å². The number of nitrogens with two attached hydrogens (primary N) is 1. The van der Waals surface area contributed by atoms with Crippen LogP contribution < -0.4 is 10.5 Å². The number of rotatable bonds is 3. The number of nitrogen functional groups attached to an aromatic ring is 1. The van der Waals surface area contributed by atoms with Crippen LogP contribution in [0.2, 0.25) is 0 Å². The summed E-state index contributed by atoms with van der Waals surface area (Å²) < 4.78 is 27.3. The number of nitrogens with one attached hydrogen (secondary N) is 1. The Bertz CT molecular complexity index is 718. The number of anilines is 2. The van der Waals surface area contributed by atoms with E-state index in [0.29, 0.717) is 15.6 Å². The Morgan fingerprint density at radius 1 is 1.11 bits per heavy atom. The largest absolute Gasteiger partial charge is 0.398 e. The highest BCUT2D eigenvalue weighted by molar-refractivity contribution is 7.94. The van der Waals surface area contributed by atoms with E-state index < -0.39 is 10.0 Å². The number of thiophene rings is 1. The van der Waals surface area contributed by atoms with Crippen molar-refractivity contribution in [2.24, 2.45) is 0 Å². The van der Waals surface area contributed by atoms with Crippen molar-refractivity contribution >= 4 is 32.7 Å². The topological polar surface area (TPSA) is 72.2 Å². The molecule has 0 aliphatic rings. The van der Waals surface area contributed by atoms with Crippen LogP contribution in [0.1, 0.15) is 16.0 Å². The zero-order chi connectivity index (χ0) is 14.2. The van der Waals surface area contributed by atoms with E-state index in [4.69, 9.17) is 5.73 Å². The predicted octanol–water partition coefficient (Wildman–Crippen LogP) is 3.06. The van der Waals surface area contributed by atoms with Crippen LogP contribution in [0.3, 0.4) is 0 Å². The maximum absolute atomic E-state index is 12.2. The second kappa shape index (κ2) is 4.86. The average molecular weight is 296 g/mol. The van der Waals surface area contributed by atoms with E-state index in [0.717, 1.165) is 16.0 Å². The molecule has 1 heterocycles. The molecule has 3 N–H and O–H groups in total. The Kier molecular flexibility index (Phi) is 3.56. The Morgan fingerprint density at radius 2 is 1.79 bits per heavy atom. The number of hydrogen-bond acceptors (Lipinski definition) is 4. The Morgan fingerprint density at radius 3 is 2.37 bits per heavy atom. The van der Waals surface area contributed by atoms with Gasteiger partial charge in [-0.1, -0.05) is 6.07 Å². The van der Waals surface area contributed by atoms with E-state index in [2.05, 4.69) is 4.72 Å². The van der Waals surface area contributed by atoms with Gasteiger partial charge < -0.3 is 5.73 Å². The van der Waals surface area contributed by atoms with Gasteiger partial charge in [-0.25, -0.2) is 8.42 Å². The number of benzene rings is 1. The van der Waals surface area contributed by atoms with E-state index in [1.54, 1.807) is 31.2 Å². The molecular formula is C13H16N2O2S2. The van der Waals surface area contributed by atoms with E-state index in [1.165, 1.54) is 11.3 Å². The summed E-state index contributed by atoms with van der Waals surface area (Å²) in [7, 11) is -3.53. The zero-order valence-corrected chi connectivity index (χ0v) is 12.7. The molecule has 0 atom stereocenters. The van der Waals surface area contributed by atoms with Gasteiger partial charge in [-0.15, -0.1) is 11.3 Å². The van der Waals surface area contributed by atoms with E-state index >= 15 is 0 Å². The molecular weight excluding hydrogens is 280 g/mol. The molecule has 0 saturated carbocycles. The van der Waals surface area contributed by atoms with Crippen LogP contribution in [0.25, 0.3) is 0 Å². The summed E-state index contributed by atoms with van der Waals surface area (Å²) in [6.45, 7) is 5.57. The van der Waals surface area contributed by atoms with Gasteiger partial charge in [0.2, 0.25) is 0 Å². The number of hydrogen-bond donors (Lipinski definition) is 2. The molecule has 0 unspecified atom stereocenters. The maximum atomic E-state index is 12.2. The van der Waals surface area contributed by atoms with Crippen LogP contribution in [0.4, 0.5) is 11.4 Å². The standard InChI is InChI=1S/C13H16N2O2S2/c1-8-4-6-11(10(3)13(8)14)15-19(16,17)12-7-5-9(2)18-12/h4-7,15H,14H2,1-3H3. The van der Waals surface area contributed by atoms with Gasteiger partial charge in [0.05, 0.1) is 5.69 Å². The van der Waals surface area contributed by atoms with Gasteiger partial charge >= 0.3 is 0 Å². The lowest BCUT2D eigenvalue weighted by Gasteiger charge is -2.12. The minimum atomic E-state index is -3.53. The van der Waals surface area contributed by atoms with Crippen molar-refractivity contribution in [3.63, 3.8) is 0 Å². The van der Waals surface area contributed by atoms with E-state index in [9.17, 15) is 8.42 Å². The number of aryl methyl sites for hydroxylation is 2. The van der Waals surface area contributed by atoms with Gasteiger partial charge in [-0.05, 0) is 50.1 Å². The summed E-state index contributed by atoms with van der Waals surface area (Å²) in [6, 6.07) is 6.93. The summed E-state index contributed by atoms with van der Waals surface area (Å²) >= 11 is 1.25. The Labute approximate surface area is 117 Å². The van der Waals surface area contributed by atoms with Crippen LogP contribution in [0, 0.1) is 20.8 Å². The monoisotopic (exact) mass is 296 g/mol. The van der Waals surface area contributed by atoms with Crippen molar-refractivity contribution in [3.05, 3.63) is 40.3 Å². The predicted molar refractivity (Wildman–Crippen MR) is 80.2 cm³/mol. The number of sulfonamides is 1. The molecule has 6 heteroatoms.